The molecule has 1 N–H and O–H groups in total. The SMILES string of the molecule is CCCNC(=O)c1cc([O])co1. The van der Waals surface area contributed by atoms with Crippen molar-refractivity contribution in [3.63, 3.8) is 0 Å². The zero-order valence-electron chi connectivity index (χ0n) is 6.79. The molecule has 0 bridgehead atoms. The number of rotatable bonds is 3. The summed E-state index contributed by atoms with van der Waals surface area (Å²) in [5.41, 5.74) is 0. The maximum absolute atomic E-state index is 11.1. The highest BCUT2D eigenvalue weighted by Crippen LogP contribution is 2.13. The van der Waals surface area contributed by atoms with Gasteiger partial charge in [-0.2, -0.15) is 0 Å². The molecule has 0 aromatic carbocycles. The van der Waals surface area contributed by atoms with Gasteiger partial charge in [0.05, 0.1) is 0 Å². The molecule has 1 amide bonds. The second-order valence-corrected chi connectivity index (χ2v) is 2.40. The molecule has 0 saturated carbocycles. The molecule has 0 aliphatic heterocycles. The van der Waals surface area contributed by atoms with Gasteiger partial charge in [0.15, 0.2) is 5.76 Å². The van der Waals surface area contributed by atoms with Crippen LogP contribution in [0.1, 0.15) is 23.9 Å². The molecule has 0 fully saturated rings. The summed E-state index contributed by atoms with van der Waals surface area (Å²) in [6.45, 7) is 2.54. The molecule has 0 saturated heterocycles. The van der Waals surface area contributed by atoms with E-state index in [0.29, 0.717) is 6.54 Å². The molecule has 1 aromatic heterocycles. The Kier molecular flexibility index (Phi) is 2.74. The van der Waals surface area contributed by atoms with Crippen molar-refractivity contribution in [2.24, 2.45) is 0 Å². The van der Waals surface area contributed by atoms with Gasteiger partial charge < -0.3 is 9.73 Å². The van der Waals surface area contributed by atoms with Crippen LogP contribution in [0.5, 0.6) is 5.75 Å². The van der Waals surface area contributed by atoms with E-state index in [1.54, 1.807) is 0 Å². The average molecular weight is 168 g/mol. The Hall–Kier alpha value is -1.45. The van der Waals surface area contributed by atoms with Gasteiger partial charge in [-0.1, -0.05) is 6.92 Å². The summed E-state index contributed by atoms with van der Waals surface area (Å²) in [5, 5.41) is 13.2. The van der Waals surface area contributed by atoms with Crippen LogP contribution in [0.2, 0.25) is 0 Å². The normalized spacial score (nSPS) is 9.75. The summed E-state index contributed by atoms with van der Waals surface area (Å²) < 4.78 is 4.70. The largest absolute Gasteiger partial charge is 0.455 e. The van der Waals surface area contributed by atoms with Crippen LogP contribution in [-0.4, -0.2) is 12.5 Å². The highest BCUT2D eigenvalue weighted by Gasteiger charge is 2.09. The molecule has 4 nitrogen and oxygen atoms in total. The second-order valence-electron chi connectivity index (χ2n) is 2.40. The molecule has 65 valence electrons. The van der Waals surface area contributed by atoms with Gasteiger partial charge in [0, 0.05) is 12.6 Å². The number of hydrogen-bond acceptors (Lipinski definition) is 2. The van der Waals surface area contributed by atoms with Gasteiger partial charge in [-0.25, -0.2) is 0 Å². The highest BCUT2D eigenvalue weighted by molar-refractivity contribution is 5.91. The van der Waals surface area contributed by atoms with Gasteiger partial charge in [0.25, 0.3) is 5.91 Å². The van der Waals surface area contributed by atoms with E-state index in [9.17, 15) is 9.90 Å². The quantitative estimate of drug-likeness (QED) is 0.744. The summed E-state index contributed by atoms with van der Waals surface area (Å²) >= 11 is 0. The molecule has 1 radical (unpaired) electrons. The van der Waals surface area contributed by atoms with E-state index in [2.05, 4.69) is 5.32 Å². The molecule has 0 aliphatic rings. The minimum absolute atomic E-state index is 0.0773. The predicted molar refractivity (Wildman–Crippen MR) is 41.5 cm³/mol. The summed E-state index contributed by atoms with van der Waals surface area (Å²) in [6.07, 6.45) is 1.87. The van der Waals surface area contributed by atoms with E-state index in [-0.39, 0.29) is 17.4 Å². The highest BCUT2D eigenvalue weighted by atomic mass is 16.4. The van der Waals surface area contributed by atoms with Crippen LogP contribution in [0.4, 0.5) is 0 Å². The van der Waals surface area contributed by atoms with Crippen LogP contribution < -0.4 is 5.32 Å². The predicted octanol–water partition coefficient (Wildman–Crippen LogP) is 1.56. The number of furan rings is 1. The minimum atomic E-state index is -0.334. The lowest BCUT2D eigenvalue weighted by Gasteiger charge is -1.97. The first kappa shape index (κ1) is 8.64. The van der Waals surface area contributed by atoms with Crippen LogP contribution in [0.25, 0.3) is 0 Å². The van der Waals surface area contributed by atoms with Crippen LogP contribution in [-0.2, 0) is 5.11 Å². The molecule has 1 aromatic rings. The third-order valence-corrected chi connectivity index (χ3v) is 1.33. The lowest BCUT2D eigenvalue weighted by atomic mass is 10.4. The Morgan fingerprint density at radius 3 is 2.92 bits per heavy atom. The minimum Gasteiger partial charge on any atom is -0.455 e. The van der Waals surface area contributed by atoms with E-state index in [4.69, 9.17) is 4.42 Å². The zero-order chi connectivity index (χ0) is 8.97. The maximum Gasteiger partial charge on any atom is 0.287 e. The van der Waals surface area contributed by atoms with Crippen molar-refractivity contribution in [1.82, 2.24) is 5.32 Å². The number of carbonyl (C=O) groups is 1. The van der Waals surface area contributed by atoms with Gasteiger partial charge in [0.2, 0.25) is 5.75 Å². The van der Waals surface area contributed by atoms with E-state index in [1.165, 1.54) is 6.07 Å². The van der Waals surface area contributed by atoms with Crippen LogP contribution in [0.15, 0.2) is 16.7 Å². The number of nitrogens with one attached hydrogen (secondary N) is 1. The first-order valence-corrected chi connectivity index (χ1v) is 3.77. The van der Waals surface area contributed by atoms with E-state index < -0.39 is 0 Å². The molecule has 1 heterocycles. The topological polar surface area (TPSA) is 62.1 Å². The molecule has 12 heavy (non-hydrogen) atoms. The molecule has 4 heteroatoms. The standard InChI is InChI=1S/C8H10NO3/c1-2-3-9-8(11)7-4-6(10)5-12-7/h4-5H,2-3H2,1H3,(H,9,11). The average Bonchev–Trinajstić information content (AvgIpc) is 2.47. The van der Waals surface area contributed by atoms with Crippen molar-refractivity contribution in [3.8, 4) is 5.75 Å². The lowest BCUT2D eigenvalue weighted by Crippen LogP contribution is -2.23. The fourth-order valence-corrected chi connectivity index (χ4v) is 0.764. The summed E-state index contributed by atoms with van der Waals surface area (Å²) in [6, 6.07) is 1.17. The van der Waals surface area contributed by atoms with Gasteiger partial charge in [0.1, 0.15) is 6.26 Å². The van der Waals surface area contributed by atoms with Crippen LogP contribution in [0.3, 0.4) is 0 Å². The third kappa shape index (κ3) is 2.02. The fraction of sp³-hybridized carbons (Fsp3) is 0.375. The zero-order valence-corrected chi connectivity index (χ0v) is 6.79. The van der Waals surface area contributed by atoms with Gasteiger partial charge in [-0.05, 0) is 6.42 Å². The molecule has 0 unspecified atom stereocenters. The molecule has 1 rings (SSSR count). The smallest absolute Gasteiger partial charge is 0.287 e. The summed E-state index contributed by atoms with van der Waals surface area (Å²) in [4.78, 5) is 11.1. The Balaban J connectivity index is 2.53. The van der Waals surface area contributed by atoms with Gasteiger partial charge in [-0.15, -0.1) is 0 Å². The van der Waals surface area contributed by atoms with Gasteiger partial charge in [-0.3, -0.25) is 9.90 Å². The third-order valence-electron chi connectivity index (χ3n) is 1.33. The van der Waals surface area contributed by atoms with E-state index in [1.807, 2.05) is 6.92 Å². The van der Waals surface area contributed by atoms with Crippen molar-refractivity contribution in [2.75, 3.05) is 6.54 Å². The Labute approximate surface area is 70.2 Å². The molecular weight excluding hydrogens is 158 g/mol. The first-order valence-electron chi connectivity index (χ1n) is 3.77. The number of carbonyl (C=O) groups excluding carboxylic acids is 1. The first-order chi connectivity index (χ1) is 5.74. The van der Waals surface area contributed by atoms with Crippen molar-refractivity contribution >= 4 is 5.91 Å². The van der Waals surface area contributed by atoms with Crippen molar-refractivity contribution < 1.29 is 14.3 Å². The van der Waals surface area contributed by atoms with Crippen molar-refractivity contribution in [3.05, 3.63) is 18.1 Å². The molecular formula is C8H10NO3. The van der Waals surface area contributed by atoms with Crippen molar-refractivity contribution in [2.45, 2.75) is 13.3 Å². The monoisotopic (exact) mass is 168 g/mol. The van der Waals surface area contributed by atoms with Crippen LogP contribution >= 0.6 is 0 Å². The number of amides is 1. The maximum atomic E-state index is 11.1. The van der Waals surface area contributed by atoms with E-state index in [0.717, 1.165) is 12.7 Å². The number of hydrogen-bond donors (Lipinski definition) is 1. The van der Waals surface area contributed by atoms with Crippen molar-refractivity contribution in [1.29, 1.82) is 0 Å². The molecule has 0 atom stereocenters. The summed E-state index contributed by atoms with van der Waals surface area (Å²) in [7, 11) is 0. The lowest BCUT2D eigenvalue weighted by molar-refractivity contribution is 0.0926. The van der Waals surface area contributed by atoms with Gasteiger partial charge >= 0.3 is 0 Å². The second kappa shape index (κ2) is 3.80. The summed E-state index contributed by atoms with van der Waals surface area (Å²) in [5.74, 6) is -0.538. The Morgan fingerprint density at radius 2 is 2.42 bits per heavy atom. The Bertz CT molecular complexity index is 267. The molecule has 0 aliphatic carbocycles. The van der Waals surface area contributed by atoms with Crippen LogP contribution in [0, 0.1) is 0 Å². The molecule has 0 spiro atoms. The fourth-order valence-electron chi connectivity index (χ4n) is 0.764. The Morgan fingerprint density at radius 1 is 1.67 bits per heavy atom. The van der Waals surface area contributed by atoms with E-state index >= 15 is 0 Å².